The lowest BCUT2D eigenvalue weighted by Gasteiger charge is -2.12. The molecule has 0 amide bonds. The average Bonchev–Trinajstić information content (AvgIpc) is 3.23. The van der Waals surface area contributed by atoms with Crippen LogP contribution in [0.1, 0.15) is 31.2 Å². The standard InChI is InChI=1S/C22H22N4O3/c23-26-21(19-12-14-11-16(27)7-10-20(14)25-22(19)28)13-24-15-5-8-18(9-6-15)29-17-3-1-2-4-17/h5-13,17,27H,1-4,23H2,(H,25,28). The zero-order chi connectivity index (χ0) is 20.2. The summed E-state index contributed by atoms with van der Waals surface area (Å²) in [6.07, 6.45) is 6.41. The third kappa shape index (κ3) is 4.29. The summed E-state index contributed by atoms with van der Waals surface area (Å²) in [5, 5.41) is 14.0. The Balaban J connectivity index is 1.54. The Hall–Kier alpha value is -3.61. The summed E-state index contributed by atoms with van der Waals surface area (Å²) in [6.45, 7) is 0. The SMILES string of the molecule is NN=C(C=Nc1ccc(OC2CCCC2)cc1)c1cc2cc(O)ccc2[nH]c1=O. The van der Waals surface area contributed by atoms with Crippen molar-refractivity contribution in [1.82, 2.24) is 4.98 Å². The molecule has 1 aromatic heterocycles. The van der Waals surface area contributed by atoms with Crippen LogP contribution >= 0.6 is 0 Å². The number of hydrazone groups is 1. The first kappa shape index (κ1) is 18.7. The number of aromatic hydroxyl groups is 1. The normalized spacial score (nSPS) is 15.4. The minimum Gasteiger partial charge on any atom is -0.508 e. The Kier molecular flexibility index (Phi) is 5.29. The van der Waals surface area contributed by atoms with E-state index >= 15 is 0 Å². The maximum Gasteiger partial charge on any atom is 0.258 e. The van der Waals surface area contributed by atoms with Gasteiger partial charge in [-0.05, 0) is 74.2 Å². The third-order valence-corrected chi connectivity index (χ3v) is 5.02. The Morgan fingerprint density at radius 1 is 1.14 bits per heavy atom. The number of hydrogen-bond acceptors (Lipinski definition) is 6. The molecule has 1 saturated carbocycles. The molecule has 7 heteroatoms. The first-order valence-corrected chi connectivity index (χ1v) is 9.57. The lowest BCUT2D eigenvalue weighted by atomic mass is 10.1. The quantitative estimate of drug-likeness (QED) is 0.351. The molecule has 1 aliphatic rings. The highest BCUT2D eigenvalue weighted by Gasteiger charge is 2.16. The second kappa shape index (κ2) is 8.18. The average molecular weight is 390 g/mol. The van der Waals surface area contributed by atoms with Crippen LogP contribution in [0.3, 0.4) is 0 Å². The van der Waals surface area contributed by atoms with Gasteiger partial charge in [-0.2, -0.15) is 5.10 Å². The van der Waals surface area contributed by atoms with E-state index in [0.717, 1.165) is 18.6 Å². The van der Waals surface area contributed by atoms with Crippen LogP contribution in [0.2, 0.25) is 0 Å². The van der Waals surface area contributed by atoms with Crippen molar-refractivity contribution in [2.45, 2.75) is 31.8 Å². The van der Waals surface area contributed by atoms with Crippen molar-refractivity contribution in [3.8, 4) is 11.5 Å². The van der Waals surface area contributed by atoms with E-state index in [2.05, 4.69) is 15.1 Å². The zero-order valence-electron chi connectivity index (χ0n) is 15.8. The summed E-state index contributed by atoms with van der Waals surface area (Å²) in [6, 6.07) is 13.8. The van der Waals surface area contributed by atoms with Gasteiger partial charge in [-0.25, -0.2) is 0 Å². The van der Waals surface area contributed by atoms with Crippen molar-refractivity contribution in [2.75, 3.05) is 0 Å². The molecule has 3 aromatic rings. The van der Waals surface area contributed by atoms with E-state index in [1.807, 2.05) is 24.3 Å². The van der Waals surface area contributed by atoms with E-state index in [0.29, 0.717) is 22.7 Å². The molecule has 1 aliphatic carbocycles. The van der Waals surface area contributed by atoms with Crippen molar-refractivity contribution in [2.24, 2.45) is 15.9 Å². The molecule has 0 aliphatic heterocycles. The largest absolute Gasteiger partial charge is 0.508 e. The van der Waals surface area contributed by atoms with Gasteiger partial charge in [-0.15, -0.1) is 0 Å². The minimum atomic E-state index is -0.334. The zero-order valence-corrected chi connectivity index (χ0v) is 15.8. The summed E-state index contributed by atoms with van der Waals surface area (Å²) in [5.41, 5.74) is 1.49. The van der Waals surface area contributed by atoms with Crippen LogP contribution in [-0.2, 0) is 0 Å². The van der Waals surface area contributed by atoms with Crippen molar-refractivity contribution in [3.05, 3.63) is 64.4 Å². The van der Waals surface area contributed by atoms with Crippen LogP contribution in [-0.4, -0.2) is 28.1 Å². The highest BCUT2D eigenvalue weighted by Crippen LogP contribution is 2.25. The first-order valence-electron chi connectivity index (χ1n) is 9.57. The monoisotopic (exact) mass is 390 g/mol. The molecule has 29 heavy (non-hydrogen) atoms. The van der Waals surface area contributed by atoms with Gasteiger partial charge in [0.25, 0.3) is 5.56 Å². The van der Waals surface area contributed by atoms with Gasteiger partial charge in [-0.3, -0.25) is 9.79 Å². The molecular formula is C22H22N4O3. The number of pyridine rings is 1. The van der Waals surface area contributed by atoms with Gasteiger partial charge in [0.05, 0.1) is 23.6 Å². The smallest absolute Gasteiger partial charge is 0.258 e. The molecule has 0 saturated heterocycles. The highest BCUT2D eigenvalue weighted by atomic mass is 16.5. The summed E-state index contributed by atoms with van der Waals surface area (Å²) in [4.78, 5) is 19.5. The fourth-order valence-electron chi connectivity index (χ4n) is 3.50. The van der Waals surface area contributed by atoms with E-state index in [-0.39, 0.29) is 22.6 Å². The number of benzene rings is 2. The molecule has 4 N–H and O–H groups in total. The molecule has 1 fully saturated rings. The number of phenols is 1. The van der Waals surface area contributed by atoms with Crippen molar-refractivity contribution in [1.29, 1.82) is 0 Å². The Labute approximate surface area is 167 Å². The number of aliphatic imine (C=N–C) groups is 1. The number of phenolic OH excluding ortho intramolecular Hbond substituents is 1. The van der Waals surface area contributed by atoms with Crippen LogP contribution in [0.5, 0.6) is 11.5 Å². The van der Waals surface area contributed by atoms with Crippen LogP contribution < -0.4 is 16.1 Å². The Morgan fingerprint density at radius 2 is 1.90 bits per heavy atom. The van der Waals surface area contributed by atoms with Gasteiger partial charge in [0, 0.05) is 10.9 Å². The molecule has 4 rings (SSSR count). The summed E-state index contributed by atoms with van der Waals surface area (Å²) >= 11 is 0. The van der Waals surface area contributed by atoms with E-state index in [9.17, 15) is 9.90 Å². The molecule has 1 heterocycles. The van der Waals surface area contributed by atoms with Crippen LogP contribution in [0.15, 0.2) is 63.4 Å². The predicted molar refractivity (Wildman–Crippen MR) is 114 cm³/mol. The van der Waals surface area contributed by atoms with Crippen molar-refractivity contribution in [3.63, 3.8) is 0 Å². The molecule has 0 radical (unpaired) electrons. The summed E-state index contributed by atoms with van der Waals surface area (Å²) < 4.78 is 5.95. The first-order chi connectivity index (χ1) is 14.1. The molecule has 0 atom stereocenters. The van der Waals surface area contributed by atoms with Gasteiger partial charge in [0.15, 0.2) is 0 Å². The number of nitrogens with two attached hydrogens (primary N) is 1. The van der Waals surface area contributed by atoms with Gasteiger partial charge < -0.3 is 20.7 Å². The highest BCUT2D eigenvalue weighted by molar-refractivity contribution is 6.38. The maximum atomic E-state index is 12.4. The minimum absolute atomic E-state index is 0.107. The Morgan fingerprint density at radius 3 is 2.62 bits per heavy atom. The van der Waals surface area contributed by atoms with Crippen molar-refractivity contribution < 1.29 is 9.84 Å². The van der Waals surface area contributed by atoms with E-state index in [1.54, 1.807) is 18.2 Å². The number of nitrogens with zero attached hydrogens (tertiary/aromatic N) is 2. The predicted octanol–water partition coefficient (Wildman–Crippen LogP) is 3.62. The van der Waals surface area contributed by atoms with Crippen LogP contribution in [0.25, 0.3) is 10.9 Å². The summed E-state index contributed by atoms with van der Waals surface area (Å²) in [5.74, 6) is 6.44. The number of ether oxygens (including phenoxy) is 1. The topological polar surface area (TPSA) is 113 Å². The van der Waals surface area contributed by atoms with E-state index in [4.69, 9.17) is 10.6 Å². The van der Waals surface area contributed by atoms with E-state index < -0.39 is 0 Å². The molecule has 148 valence electrons. The molecule has 0 bridgehead atoms. The maximum absolute atomic E-state index is 12.4. The molecule has 0 spiro atoms. The number of aromatic nitrogens is 1. The molecule has 2 aromatic carbocycles. The molecule has 0 unspecified atom stereocenters. The number of fused-ring (bicyclic) bond motifs is 1. The lowest BCUT2D eigenvalue weighted by Crippen LogP contribution is -2.20. The van der Waals surface area contributed by atoms with Crippen LogP contribution in [0.4, 0.5) is 5.69 Å². The van der Waals surface area contributed by atoms with Crippen LogP contribution in [0, 0.1) is 0 Å². The van der Waals surface area contributed by atoms with Gasteiger partial charge in [-0.1, -0.05) is 0 Å². The van der Waals surface area contributed by atoms with Gasteiger partial charge in [0.1, 0.15) is 17.2 Å². The fourth-order valence-corrected chi connectivity index (χ4v) is 3.50. The number of hydrogen-bond donors (Lipinski definition) is 3. The summed E-state index contributed by atoms with van der Waals surface area (Å²) in [7, 11) is 0. The second-order valence-corrected chi connectivity index (χ2v) is 7.07. The fraction of sp³-hybridized carbons (Fsp3) is 0.227. The second-order valence-electron chi connectivity index (χ2n) is 7.07. The third-order valence-electron chi connectivity index (χ3n) is 5.02. The number of H-pyrrole nitrogens is 1. The lowest BCUT2D eigenvalue weighted by molar-refractivity contribution is 0.210. The Bertz CT molecular complexity index is 1130. The van der Waals surface area contributed by atoms with Gasteiger partial charge >= 0.3 is 0 Å². The van der Waals surface area contributed by atoms with Gasteiger partial charge in [0.2, 0.25) is 0 Å². The van der Waals surface area contributed by atoms with Crippen molar-refractivity contribution >= 4 is 28.5 Å². The number of rotatable bonds is 5. The molecule has 7 nitrogen and oxygen atoms in total. The number of aromatic amines is 1. The molecular weight excluding hydrogens is 368 g/mol. The number of nitrogens with one attached hydrogen (secondary N) is 1. The van der Waals surface area contributed by atoms with E-state index in [1.165, 1.54) is 25.1 Å².